The minimum absolute atomic E-state index is 0.276. The average Bonchev–Trinajstić information content (AvgIpc) is 2.45. The van der Waals surface area contributed by atoms with Gasteiger partial charge in [-0.3, -0.25) is 0 Å². The smallest absolute Gasteiger partial charge is 0.338 e. The first-order chi connectivity index (χ1) is 9.94. The van der Waals surface area contributed by atoms with Crippen molar-refractivity contribution in [3.05, 3.63) is 71.3 Å². The molecule has 1 N–H and O–H groups in total. The van der Waals surface area contributed by atoms with Crippen LogP contribution in [0, 0.1) is 0 Å². The first-order valence-corrected chi connectivity index (χ1v) is 10.1. The molecule has 0 spiro atoms. The zero-order chi connectivity index (χ0) is 15.3. The van der Waals surface area contributed by atoms with Crippen molar-refractivity contribution in [2.24, 2.45) is 0 Å². The first kappa shape index (κ1) is 15.5. The minimum atomic E-state index is -2.12. The Morgan fingerprint density at radius 3 is 2.19 bits per heavy atom. The van der Waals surface area contributed by atoms with Crippen LogP contribution in [0.15, 0.2) is 54.6 Å². The fourth-order valence-electron chi connectivity index (χ4n) is 2.06. The van der Waals surface area contributed by atoms with Crippen LogP contribution in [0.5, 0.6) is 0 Å². The average molecular weight is 300 g/mol. The zero-order valence-electron chi connectivity index (χ0n) is 12.4. The van der Waals surface area contributed by atoms with E-state index in [1.165, 1.54) is 0 Å². The number of benzene rings is 2. The normalized spacial score (nSPS) is 11.2. The van der Waals surface area contributed by atoms with Crippen molar-refractivity contribution in [3.63, 3.8) is 0 Å². The Hall–Kier alpha value is -1.91. The van der Waals surface area contributed by atoms with E-state index in [0.717, 1.165) is 11.1 Å². The van der Waals surface area contributed by atoms with Crippen molar-refractivity contribution in [3.8, 4) is 0 Å². The molecule has 0 atom stereocenters. The summed E-state index contributed by atoms with van der Waals surface area (Å²) in [5, 5.41) is 0. The molecule has 0 fully saturated rings. The fraction of sp³-hybridized carbons (Fsp3) is 0.235. The van der Waals surface area contributed by atoms with Gasteiger partial charge in [0.25, 0.3) is 0 Å². The molecule has 21 heavy (non-hydrogen) atoms. The molecule has 0 bridgehead atoms. The summed E-state index contributed by atoms with van der Waals surface area (Å²) in [7, 11) is -2.12. The number of carbonyl (C=O) groups is 1. The second kappa shape index (κ2) is 6.69. The van der Waals surface area contributed by atoms with Crippen LogP contribution in [0.2, 0.25) is 13.1 Å². The molecule has 2 aromatic carbocycles. The van der Waals surface area contributed by atoms with Crippen molar-refractivity contribution < 1.29 is 14.3 Å². The molecule has 0 radical (unpaired) electrons. The highest BCUT2D eigenvalue weighted by atomic mass is 28.4. The Bertz CT molecular complexity index is 586. The van der Waals surface area contributed by atoms with Gasteiger partial charge >= 0.3 is 5.97 Å². The lowest BCUT2D eigenvalue weighted by molar-refractivity contribution is 0.0472. The quantitative estimate of drug-likeness (QED) is 0.680. The van der Waals surface area contributed by atoms with E-state index >= 15 is 0 Å². The van der Waals surface area contributed by atoms with E-state index in [2.05, 4.69) is 0 Å². The number of hydrogen-bond acceptors (Lipinski definition) is 3. The second-order valence-electron chi connectivity index (χ2n) is 5.75. The molecule has 0 heterocycles. The maximum absolute atomic E-state index is 12.0. The predicted molar refractivity (Wildman–Crippen MR) is 85.4 cm³/mol. The summed E-state index contributed by atoms with van der Waals surface area (Å²) in [5.74, 6) is -0.328. The van der Waals surface area contributed by atoms with Crippen molar-refractivity contribution >= 4 is 14.3 Å². The van der Waals surface area contributed by atoms with E-state index in [0.29, 0.717) is 11.6 Å². The molecule has 0 unspecified atom stereocenters. The summed E-state index contributed by atoms with van der Waals surface area (Å²) in [5.41, 5.74) is 2.55. The van der Waals surface area contributed by atoms with Gasteiger partial charge in [-0.15, -0.1) is 0 Å². The molecule has 3 nitrogen and oxygen atoms in total. The van der Waals surface area contributed by atoms with Crippen molar-refractivity contribution in [2.75, 3.05) is 0 Å². The standard InChI is InChI=1S/C17H20O3Si/c1-21(2,19)13-15-8-10-16(11-9-15)17(18)20-12-14-6-4-3-5-7-14/h3-11,19H,12-13H2,1-2H3. The summed E-state index contributed by atoms with van der Waals surface area (Å²) in [6.07, 6.45) is 0. The van der Waals surface area contributed by atoms with Crippen molar-refractivity contribution in [1.82, 2.24) is 0 Å². The zero-order valence-corrected chi connectivity index (χ0v) is 13.4. The molecule has 0 saturated heterocycles. The second-order valence-corrected chi connectivity index (χ2v) is 9.73. The van der Waals surface area contributed by atoms with Crippen LogP contribution in [-0.4, -0.2) is 19.1 Å². The molecule has 4 heteroatoms. The Balaban J connectivity index is 1.94. The highest BCUT2D eigenvalue weighted by Crippen LogP contribution is 2.12. The number of esters is 1. The first-order valence-electron chi connectivity index (χ1n) is 6.96. The van der Waals surface area contributed by atoms with Crippen LogP contribution in [-0.2, 0) is 17.4 Å². The number of hydrogen-bond donors (Lipinski definition) is 1. The van der Waals surface area contributed by atoms with Crippen LogP contribution in [0.25, 0.3) is 0 Å². The summed E-state index contributed by atoms with van der Waals surface area (Å²) in [6.45, 7) is 4.07. The van der Waals surface area contributed by atoms with Gasteiger partial charge in [0.1, 0.15) is 6.61 Å². The summed E-state index contributed by atoms with van der Waals surface area (Å²) in [4.78, 5) is 21.9. The van der Waals surface area contributed by atoms with Gasteiger partial charge in [-0.05, 0) is 42.4 Å². The predicted octanol–water partition coefficient (Wildman–Crippen LogP) is 3.32. The molecule has 2 rings (SSSR count). The van der Waals surface area contributed by atoms with Crippen LogP contribution in [0.3, 0.4) is 0 Å². The minimum Gasteiger partial charge on any atom is -0.457 e. The molecule has 0 aliphatic heterocycles. The Morgan fingerprint density at radius 2 is 1.62 bits per heavy atom. The van der Waals surface area contributed by atoms with Gasteiger partial charge in [0.2, 0.25) is 0 Å². The molecule has 0 aliphatic rings. The lowest BCUT2D eigenvalue weighted by atomic mass is 10.1. The van der Waals surface area contributed by atoms with Gasteiger partial charge < -0.3 is 9.53 Å². The summed E-state index contributed by atoms with van der Waals surface area (Å²) >= 11 is 0. The molecule has 0 aliphatic carbocycles. The van der Waals surface area contributed by atoms with Crippen LogP contribution >= 0.6 is 0 Å². The maximum atomic E-state index is 12.0. The highest BCUT2D eigenvalue weighted by molar-refractivity contribution is 6.69. The number of rotatable bonds is 5. The number of carbonyl (C=O) groups excluding carboxylic acids is 1. The van der Waals surface area contributed by atoms with E-state index in [1.54, 1.807) is 12.1 Å². The fourth-order valence-corrected chi connectivity index (χ4v) is 3.30. The molecule has 0 aromatic heterocycles. The van der Waals surface area contributed by atoms with Crippen LogP contribution in [0.1, 0.15) is 21.5 Å². The van der Waals surface area contributed by atoms with Gasteiger partial charge in [-0.25, -0.2) is 4.79 Å². The largest absolute Gasteiger partial charge is 0.457 e. The third-order valence-corrected chi connectivity index (χ3v) is 4.31. The summed E-state index contributed by atoms with van der Waals surface area (Å²) < 4.78 is 5.28. The third-order valence-electron chi connectivity index (χ3n) is 3.04. The molecule has 110 valence electrons. The molecule has 2 aromatic rings. The molecule has 0 amide bonds. The van der Waals surface area contributed by atoms with Gasteiger partial charge in [-0.1, -0.05) is 42.5 Å². The van der Waals surface area contributed by atoms with E-state index in [-0.39, 0.29) is 12.6 Å². The van der Waals surface area contributed by atoms with Crippen LogP contribution in [0.4, 0.5) is 0 Å². The van der Waals surface area contributed by atoms with E-state index < -0.39 is 8.32 Å². The monoisotopic (exact) mass is 300 g/mol. The van der Waals surface area contributed by atoms with Gasteiger partial charge in [0.05, 0.1) is 5.56 Å². The Labute approximate surface area is 126 Å². The SMILES string of the molecule is C[Si](C)(O)Cc1ccc(C(=O)OCc2ccccc2)cc1. The molecule has 0 saturated carbocycles. The maximum Gasteiger partial charge on any atom is 0.338 e. The molecular formula is C17H20O3Si. The topological polar surface area (TPSA) is 46.5 Å². The number of ether oxygens (including phenoxy) is 1. The lowest BCUT2D eigenvalue weighted by Gasteiger charge is -2.13. The van der Waals surface area contributed by atoms with Crippen molar-refractivity contribution in [1.29, 1.82) is 0 Å². The van der Waals surface area contributed by atoms with Gasteiger partial charge in [0.15, 0.2) is 8.32 Å². The van der Waals surface area contributed by atoms with E-state index in [1.807, 2.05) is 55.6 Å². The summed E-state index contributed by atoms with van der Waals surface area (Å²) in [6, 6.07) is 17.5. The Morgan fingerprint density at radius 1 is 1.00 bits per heavy atom. The van der Waals surface area contributed by atoms with E-state index in [9.17, 15) is 9.59 Å². The highest BCUT2D eigenvalue weighted by Gasteiger charge is 2.17. The van der Waals surface area contributed by atoms with Gasteiger partial charge in [0, 0.05) is 0 Å². The van der Waals surface area contributed by atoms with Crippen LogP contribution < -0.4 is 0 Å². The third kappa shape index (κ3) is 5.17. The van der Waals surface area contributed by atoms with Crippen molar-refractivity contribution in [2.45, 2.75) is 25.7 Å². The lowest BCUT2D eigenvalue weighted by Crippen LogP contribution is -2.28. The van der Waals surface area contributed by atoms with Gasteiger partial charge in [-0.2, -0.15) is 0 Å². The Kier molecular flexibility index (Phi) is 4.93. The molecular weight excluding hydrogens is 280 g/mol. The van der Waals surface area contributed by atoms with E-state index in [4.69, 9.17) is 4.74 Å².